The number of hydrogen-bond acceptors (Lipinski definition) is 6. The van der Waals surface area contributed by atoms with Crippen LogP contribution in [0.2, 0.25) is 0 Å². The molecule has 0 radical (unpaired) electrons. The fraction of sp³-hybridized carbons (Fsp3) is 0.526. The third-order valence-corrected chi connectivity index (χ3v) is 6.65. The van der Waals surface area contributed by atoms with E-state index in [0.717, 1.165) is 30.1 Å². The van der Waals surface area contributed by atoms with Crippen LogP contribution in [0.3, 0.4) is 0 Å². The van der Waals surface area contributed by atoms with E-state index in [1.165, 1.54) is 12.1 Å². The van der Waals surface area contributed by atoms with Crippen LogP contribution in [-0.2, 0) is 21.3 Å². The summed E-state index contributed by atoms with van der Waals surface area (Å²) in [5.74, 6) is 0.150. The lowest BCUT2D eigenvalue weighted by molar-refractivity contribution is -0.153. The van der Waals surface area contributed by atoms with Crippen molar-refractivity contribution >= 4 is 33.8 Å². The van der Waals surface area contributed by atoms with Crippen molar-refractivity contribution in [1.82, 2.24) is 14.6 Å². The van der Waals surface area contributed by atoms with Crippen molar-refractivity contribution in [2.24, 2.45) is 0 Å². The minimum Gasteiger partial charge on any atom is -0.381 e. The largest absolute Gasteiger partial charge is 0.408 e. The Labute approximate surface area is 190 Å². The molecule has 3 atom stereocenters. The van der Waals surface area contributed by atoms with Crippen molar-refractivity contribution < 1.29 is 26.3 Å². The number of sulfonamides is 1. The smallest absolute Gasteiger partial charge is 0.381 e. The third-order valence-electron chi connectivity index (χ3n) is 5.08. The summed E-state index contributed by atoms with van der Waals surface area (Å²) >= 11 is 1.59. The fourth-order valence-electron chi connectivity index (χ4n) is 3.69. The molecule has 0 saturated carbocycles. The molecule has 174 valence electrons. The van der Waals surface area contributed by atoms with Gasteiger partial charge in [-0.25, -0.2) is 13.4 Å². The van der Waals surface area contributed by atoms with E-state index in [0.29, 0.717) is 12.8 Å². The van der Waals surface area contributed by atoms with Gasteiger partial charge in [0.25, 0.3) is 0 Å². The molecule has 1 aliphatic heterocycles. The van der Waals surface area contributed by atoms with Crippen LogP contribution in [0.1, 0.15) is 34.5 Å². The summed E-state index contributed by atoms with van der Waals surface area (Å²) in [5.41, 5.74) is 0.711. The zero-order valence-corrected chi connectivity index (χ0v) is 19.5. The third kappa shape index (κ3) is 7.13. The molecule has 0 amide bonds. The maximum Gasteiger partial charge on any atom is 0.408 e. The van der Waals surface area contributed by atoms with Crippen molar-refractivity contribution in [2.75, 3.05) is 26.5 Å². The van der Waals surface area contributed by atoms with E-state index in [-0.39, 0.29) is 30.0 Å². The minimum atomic E-state index is -4.73. The molecule has 1 fully saturated rings. The molecule has 6 nitrogen and oxygen atoms in total. The summed E-state index contributed by atoms with van der Waals surface area (Å²) in [6.07, 6.45) is -1.32. The van der Waals surface area contributed by atoms with Crippen molar-refractivity contribution in [3.63, 3.8) is 0 Å². The van der Waals surface area contributed by atoms with Crippen molar-refractivity contribution in [3.05, 3.63) is 52.0 Å². The van der Waals surface area contributed by atoms with Gasteiger partial charge in [-0.3, -0.25) is 4.90 Å². The fourth-order valence-corrected chi connectivity index (χ4v) is 5.17. The number of rotatable bonds is 7. The average molecular weight is 500 g/mol. The van der Waals surface area contributed by atoms with Crippen molar-refractivity contribution in [3.8, 4) is 0 Å². The molecule has 2 heterocycles. The van der Waals surface area contributed by atoms with Gasteiger partial charge in [0.1, 0.15) is 6.04 Å². The Morgan fingerprint density at radius 3 is 2.52 bits per heavy atom. The second kappa shape index (κ2) is 10.6. The van der Waals surface area contributed by atoms with Gasteiger partial charge in [-0.1, -0.05) is 24.3 Å². The maximum atomic E-state index is 13.3. The van der Waals surface area contributed by atoms with Gasteiger partial charge < -0.3 is 4.74 Å². The zero-order valence-electron chi connectivity index (χ0n) is 17.0. The van der Waals surface area contributed by atoms with Gasteiger partial charge in [0.2, 0.25) is 10.0 Å². The first-order chi connectivity index (χ1) is 14.1. The van der Waals surface area contributed by atoms with Crippen LogP contribution >= 0.6 is 23.7 Å². The molecule has 12 heteroatoms. The van der Waals surface area contributed by atoms with Crippen LogP contribution in [-0.4, -0.2) is 57.0 Å². The van der Waals surface area contributed by atoms with Gasteiger partial charge in [0, 0.05) is 44.2 Å². The molecule has 0 aliphatic carbocycles. The highest BCUT2D eigenvalue weighted by atomic mass is 35.5. The number of benzene rings is 1. The van der Waals surface area contributed by atoms with Crippen molar-refractivity contribution in [2.45, 2.75) is 37.2 Å². The normalized spacial score (nSPS) is 21.5. The Morgan fingerprint density at radius 1 is 1.32 bits per heavy atom. The maximum absolute atomic E-state index is 13.3. The van der Waals surface area contributed by atoms with Crippen LogP contribution in [0.5, 0.6) is 0 Å². The molecule has 0 spiro atoms. The molecule has 1 aromatic carbocycles. The number of halogens is 4. The summed E-state index contributed by atoms with van der Waals surface area (Å²) < 4.78 is 69.9. The monoisotopic (exact) mass is 499 g/mol. The van der Waals surface area contributed by atoms with Crippen LogP contribution in [0.25, 0.3) is 0 Å². The van der Waals surface area contributed by atoms with Crippen molar-refractivity contribution in [1.29, 1.82) is 0 Å². The standard InChI is InChI=1S/C19H24F3N3O3S2.ClH/c1-28-16-7-9-25(12-15(16)18-23-8-10-29-18)11-13-3-5-14(6-4-13)17(19(20,21)22)24-30(2,26)27;/h3-6,8,10,15-17,24H,7,9,11-12H2,1-2H3;1H/t15?,16?,17-;/m0./s1. The van der Waals surface area contributed by atoms with Crippen LogP contribution in [0.15, 0.2) is 35.8 Å². The molecule has 1 aromatic heterocycles. The minimum absolute atomic E-state index is 0. The predicted octanol–water partition coefficient (Wildman–Crippen LogP) is 3.72. The molecule has 3 rings (SSSR count). The molecule has 31 heavy (non-hydrogen) atoms. The van der Waals surface area contributed by atoms with Crippen LogP contribution in [0.4, 0.5) is 13.2 Å². The van der Waals surface area contributed by atoms with Crippen LogP contribution in [0, 0.1) is 0 Å². The first kappa shape index (κ1) is 26.0. The average Bonchev–Trinajstić information content (AvgIpc) is 3.20. The second-order valence-corrected chi connectivity index (χ2v) is 10.1. The van der Waals surface area contributed by atoms with E-state index in [1.807, 2.05) is 5.38 Å². The highest BCUT2D eigenvalue weighted by molar-refractivity contribution is 7.88. The van der Waals surface area contributed by atoms with E-state index in [1.54, 1.807) is 41.5 Å². The van der Waals surface area contributed by atoms with Gasteiger partial charge in [0.05, 0.1) is 17.4 Å². The summed E-state index contributed by atoms with van der Waals surface area (Å²) in [4.78, 5) is 6.64. The molecule has 2 aromatic rings. The lowest BCUT2D eigenvalue weighted by atomic mass is 9.94. The van der Waals surface area contributed by atoms with Gasteiger partial charge >= 0.3 is 6.18 Å². The topological polar surface area (TPSA) is 71.5 Å². The van der Waals surface area contributed by atoms with E-state index < -0.39 is 22.2 Å². The molecular weight excluding hydrogens is 475 g/mol. The Kier molecular flexibility index (Phi) is 8.88. The SMILES string of the molecule is COC1CCN(Cc2ccc([C@H](NS(C)(=O)=O)C(F)(F)F)cc2)CC1c1nccs1.Cl. The Morgan fingerprint density at radius 2 is 2.00 bits per heavy atom. The highest BCUT2D eigenvalue weighted by Crippen LogP contribution is 2.34. The van der Waals surface area contributed by atoms with E-state index >= 15 is 0 Å². The second-order valence-electron chi connectivity index (χ2n) is 7.38. The number of likely N-dealkylation sites (tertiary alicyclic amines) is 1. The molecular formula is C19H25ClF3N3O3S2. The predicted molar refractivity (Wildman–Crippen MR) is 116 cm³/mol. The summed E-state index contributed by atoms with van der Waals surface area (Å²) in [5, 5.41) is 2.95. The molecule has 0 bridgehead atoms. The quantitative estimate of drug-likeness (QED) is 0.628. The summed E-state index contributed by atoms with van der Waals surface area (Å²) in [6, 6.07) is 3.60. The Bertz CT molecular complexity index is 925. The first-order valence-corrected chi connectivity index (χ1v) is 12.1. The molecule has 1 aliphatic rings. The van der Waals surface area contributed by atoms with E-state index in [9.17, 15) is 21.6 Å². The highest BCUT2D eigenvalue weighted by Gasteiger charge is 2.42. The van der Waals surface area contributed by atoms with Gasteiger partial charge in [0.15, 0.2) is 0 Å². The van der Waals surface area contributed by atoms with E-state index in [2.05, 4.69) is 9.88 Å². The lowest BCUT2D eigenvalue weighted by Crippen LogP contribution is -2.42. The number of hydrogen-bond donors (Lipinski definition) is 1. The van der Waals surface area contributed by atoms with Gasteiger partial charge in [-0.2, -0.15) is 17.9 Å². The first-order valence-electron chi connectivity index (χ1n) is 9.34. The number of nitrogens with one attached hydrogen (secondary N) is 1. The molecule has 1 N–H and O–H groups in total. The number of aromatic nitrogens is 1. The zero-order chi connectivity index (χ0) is 21.9. The number of piperidine rings is 1. The number of methoxy groups -OCH3 is 1. The summed E-state index contributed by atoms with van der Waals surface area (Å²) in [7, 11) is -2.32. The summed E-state index contributed by atoms with van der Waals surface area (Å²) in [6.45, 7) is 2.13. The number of thiazole rings is 1. The van der Waals surface area contributed by atoms with Gasteiger partial charge in [-0.15, -0.1) is 23.7 Å². The number of ether oxygens (including phenoxy) is 1. The Hall–Kier alpha value is -1.24. The number of alkyl halides is 3. The molecule has 1 saturated heterocycles. The Balaban J connectivity index is 0.00000341. The lowest BCUT2D eigenvalue weighted by Gasteiger charge is -2.37. The van der Waals surface area contributed by atoms with Crippen LogP contribution < -0.4 is 4.72 Å². The van der Waals surface area contributed by atoms with Gasteiger partial charge in [-0.05, 0) is 17.5 Å². The number of nitrogens with zero attached hydrogens (tertiary/aromatic N) is 2. The molecule has 2 unspecified atom stereocenters. The van der Waals surface area contributed by atoms with E-state index in [4.69, 9.17) is 4.74 Å².